The number of hydrogen-bond donors (Lipinski definition) is 3. The van der Waals surface area contributed by atoms with Crippen LogP contribution in [0.3, 0.4) is 0 Å². The highest BCUT2D eigenvalue weighted by Crippen LogP contribution is 2.41. The average Bonchev–Trinajstić information content (AvgIpc) is 2.46. The van der Waals surface area contributed by atoms with Crippen molar-refractivity contribution in [2.24, 2.45) is 0 Å². The Kier molecular flexibility index (Phi) is 4.25. The molecule has 0 saturated heterocycles. The Morgan fingerprint density at radius 3 is 1.62 bits per heavy atom. The van der Waals surface area contributed by atoms with Crippen LogP contribution in [0.1, 0.15) is 11.1 Å². The number of carbonyl (C=O) groups excluding carboxylic acids is 1. The highest BCUT2D eigenvalue weighted by Gasteiger charge is 2.44. The van der Waals surface area contributed by atoms with Gasteiger partial charge in [0.05, 0.1) is 0 Å². The smallest absolute Gasteiger partial charge is 0.370 e. The van der Waals surface area contributed by atoms with Crippen molar-refractivity contribution in [2.45, 2.75) is 5.60 Å². The lowest BCUT2D eigenvalue weighted by molar-refractivity contribution is -0.153. The summed E-state index contributed by atoms with van der Waals surface area (Å²) in [7, 11) is -5.07. The van der Waals surface area contributed by atoms with E-state index in [9.17, 15) is 14.5 Å². The van der Waals surface area contributed by atoms with Crippen LogP contribution in [0.25, 0.3) is 0 Å². The molecule has 0 fully saturated rings. The van der Waals surface area contributed by atoms with E-state index >= 15 is 0 Å². The zero-order valence-corrected chi connectivity index (χ0v) is 11.7. The molecule has 0 unspecified atom stereocenters. The van der Waals surface area contributed by atoms with Crippen molar-refractivity contribution in [3.05, 3.63) is 71.8 Å². The summed E-state index contributed by atoms with van der Waals surface area (Å²) in [6, 6.07) is 15.6. The van der Waals surface area contributed by atoms with Crippen molar-refractivity contribution in [2.75, 3.05) is 0 Å². The first-order valence-electron chi connectivity index (χ1n) is 5.97. The van der Waals surface area contributed by atoms with E-state index in [1.165, 1.54) is 24.3 Å². The molecule has 3 N–H and O–H groups in total. The Hall–Kier alpha value is -1.98. The molecule has 0 heterocycles. The Balaban J connectivity index is 2.55. The van der Waals surface area contributed by atoms with Gasteiger partial charge in [0.25, 0.3) is 0 Å². The number of phosphoric acid groups is 1. The summed E-state index contributed by atoms with van der Waals surface area (Å²) in [6.45, 7) is 0. The van der Waals surface area contributed by atoms with E-state index in [1.807, 2.05) is 0 Å². The summed E-state index contributed by atoms with van der Waals surface area (Å²) in [5, 5.41) is 10.8. The maximum atomic E-state index is 12.1. The molecule has 21 heavy (non-hydrogen) atoms. The Morgan fingerprint density at radius 1 is 0.905 bits per heavy atom. The SMILES string of the molecule is O=C(OP(=O)(O)O)C(O)(c1ccccc1)c1ccccc1. The van der Waals surface area contributed by atoms with Gasteiger partial charge in [-0.15, -0.1) is 0 Å². The van der Waals surface area contributed by atoms with Crippen LogP contribution in [-0.4, -0.2) is 20.9 Å². The van der Waals surface area contributed by atoms with Crippen molar-refractivity contribution in [1.82, 2.24) is 0 Å². The number of benzene rings is 2. The minimum Gasteiger partial charge on any atom is -0.370 e. The lowest BCUT2D eigenvalue weighted by atomic mass is 9.86. The predicted octanol–water partition coefficient (Wildman–Crippen LogP) is 1.56. The fourth-order valence-corrected chi connectivity index (χ4v) is 2.28. The van der Waals surface area contributed by atoms with Crippen molar-refractivity contribution in [1.29, 1.82) is 0 Å². The molecule has 7 heteroatoms. The van der Waals surface area contributed by atoms with Crippen LogP contribution in [0.15, 0.2) is 60.7 Å². The first-order chi connectivity index (χ1) is 9.84. The fraction of sp³-hybridized carbons (Fsp3) is 0.0714. The molecule has 2 rings (SSSR count). The highest BCUT2D eigenvalue weighted by molar-refractivity contribution is 7.46. The molecule has 0 bridgehead atoms. The Morgan fingerprint density at radius 2 is 1.29 bits per heavy atom. The maximum Gasteiger partial charge on any atom is 0.527 e. The third-order valence-electron chi connectivity index (χ3n) is 2.88. The quantitative estimate of drug-likeness (QED) is 0.740. The standard InChI is InChI=1S/C14H13O6P/c15-13(20-21(17,18)19)14(16,11-7-3-1-4-8-11)12-9-5-2-6-10-12/h1-10,16H,(H2,17,18,19). The molecular formula is C14H13O6P. The Bertz CT molecular complexity index is 625. The fourth-order valence-electron chi connectivity index (χ4n) is 1.94. The van der Waals surface area contributed by atoms with Gasteiger partial charge in [0.15, 0.2) is 0 Å². The molecule has 0 saturated carbocycles. The molecule has 2 aromatic carbocycles. The molecular weight excluding hydrogens is 295 g/mol. The molecule has 6 nitrogen and oxygen atoms in total. The van der Waals surface area contributed by atoms with E-state index in [0.717, 1.165) is 0 Å². The van der Waals surface area contributed by atoms with Gasteiger partial charge in [-0.3, -0.25) is 9.79 Å². The highest BCUT2D eigenvalue weighted by atomic mass is 31.2. The molecule has 110 valence electrons. The maximum absolute atomic E-state index is 12.1. The van der Waals surface area contributed by atoms with Crippen LogP contribution in [0, 0.1) is 0 Å². The first-order valence-corrected chi connectivity index (χ1v) is 7.50. The van der Waals surface area contributed by atoms with E-state index in [-0.39, 0.29) is 11.1 Å². The second-order valence-electron chi connectivity index (χ2n) is 4.31. The van der Waals surface area contributed by atoms with Gasteiger partial charge in [0, 0.05) is 0 Å². The van der Waals surface area contributed by atoms with Gasteiger partial charge in [-0.2, -0.15) is 0 Å². The summed E-state index contributed by atoms with van der Waals surface area (Å²) in [5.74, 6) is -1.44. The number of aliphatic hydroxyl groups is 1. The molecule has 0 amide bonds. The molecule has 0 atom stereocenters. The minimum absolute atomic E-state index is 0.148. The van der Waals surface area contributed by atoms with Crippen molar-refractivity contribution < 1.29 is 28.8 Å². The van der Waals surface area contributed by atoms with Crippen LogP contribution in [0.5, 0.6) is 0 Å². The molecule has 0 aliphatic carbocycles. The van der Waals surface area contributed by atoms with Crippen molar-refractivity contribution in [3.63, 3.8) is 0 Å². The molecule has 0 radical (unpaired) electrons. The molecule has 0 aromatic heterocycles. The normalized spacial score (nSPS) is 12.0. The zero-order chi connectivity index (χ0) is 15.5. The molecule has 0 spiro atoms. The average molecular weight is 308 g/mol. The van der Waals surface area contributed by atoms with E-state index < -0.39 is 19.4 Å². The van der Waals surface area contributed by atoms with Gasteiger partial charge in [-0.1, -0.05) is 60.7 Å². The summed E-state index contributed by atoms with van der Waals surface area (Å²) >= 11 is 0. The largest absolute Gasteiger partial charge is 0.527 e. The van der Waals surface area contributed by atoms with Crippen LogP contribution in [-0.2, 0) is 19.5 Å². The summed E-state index contributed by atoms with van der Waals surface area (Å²) in [4.78, 5) is 29.7. The van der Waals surface area contributed by atoms with Crippen LogP contribution < -0.4 is 0 Å². The summed E-state index contributed by atoms with van der Waals surface area (Å²) in [6.07, 6.45) is 0. The predicted molar refractivity (Wildman–Crippen MR) is 74.0 cm³/mol. The summed E-state index contributed by atoms with van der Waals surface area (Å²) in [5.41, 5.74) is -2.01. The molecule has 2 aromatic rings. The number of phosphoric ester groups is 1. The first kappa shape index (κ1) is 15.4. The number of rotatable bonds is 4. The van der Waals surface area contributed by atoms with Crippen molar-refractivity contribution in [3.8, 4) is 0 Å². The van der Waals surface area contributed by atoms with E-state index in [2.05, 4.69) is 4.52 Å². The van der Waals surface area contributed by atoms with E-state index in [4.69, 9.17) is 9.79 Å². The lowest BCUT2D eigenvalue weighted by Gasteiger charge is -2.26. The summed E-state index contributed by atoms with van der Waals surface area (Å²) < 4.78 is 15.0. The third kappa shape index (κ3) is 3.37. The van der Waals surface area contributed by atoms with E-state index in [0.29, 0.717) is 0 Å². The van der Waals surface area contributed by atoms with Gasteiger partial charge in [0.1, 0.15) is 0 Å². The molecule has 0 aliphatic heterocycles. The number of hydrogen-bond acceptors (Lipinski definition) is 4. The third-order valence-corrected chi connectivity index (χ3v) is 3.28. The van der Waals surface area contributed by atoms with Gasteiger partial charge < -0.3 is 9.63 Å². The molecule has 0 aliphatic rings. The van der Waals surface area contributed by atoms with Crippen LogP contribution in [0.4, 0.5) is 0 Å². The van der Waals surface area contributed by atoms with Gasteiger partial charge in [-0.25, -0.2) is 9.36 Å². The van der Waals surface area contributed by atoms with Crippen molar-refractivity contribution >= 4 is 13.8 Å². The van der Waals surface area contributed by atoms with E-state index in [1.54, 1.807) is 36.4 Å². The van der Waals surface area contributed by atoms with Gasteiger partial charge in [0.2, 0.25) is 5.60 Å². The second kappa shape index (κ2) is 5.79. The van der Waals surface area contributed by atoms with Gasteiger partial charge >= 0.3 is 13.8 Å². The lowest BCUT2D eigenvalue weighted by Crippen LogP contribution is -2.38. The Labute approximate surface area is 120 Å². The minimum atomic E-state index is -5.07. The topological polar surface area (TPSA) is 104 Å². The number of carbonyl (C=O) groups is 1. The zero-order valence-electron chi connectivity index (χ0n) is 10.8. The second-order valence-corrected chi connectivity index (χ2v) is 5.48. The van der Waals surface area contributed by atoms with Crippen LogP contribution >= 0.6 is 7.82 Å². The monoisotopic (exact) mass is 308 g/mol. The van der Waals surface area contributed by atoms with Crippen LogP contribution in [0.2, 0.25) is 0 Å². The van der Waals surface area contributed by atoms with Gasteiger partial charge in [-0.05, 0) is 11.1 Å².